The smallest absolute Gasteiger partial charge is 0.235 e. The van der Waals surface area contributed by atoms with Crippen LogP contribution in [0.2, 0.25) is 0 Å². The molecule has 0 spiro atoms. The molecular weight excluding hydrogens is 1160 g/mol. The highest BCUT2D eigenvalue weighted by molar-refractivity contribution is 7.25. The van der Waals surface area contributed by atoms with Gasteiger partial charge in [-0.15, -0.1) is 11.3 Å². The van der Waals surface area contributed by atoms with Gasteiger partial charge in [-0.25, -0.2) is 39.9 Å². The molecule has 0 atom stereocenters. The van der Waals surface area contributed by atoms with Gasteiger partial charge in [-0.3, -0.25) is 4.57 Å². The number of aromatic nitrogens is 10. The predicted octanol–water partition coefficient (Wildman–Crippen LogP) is 20.4. The third-order valence-electron chi connectivity index (χ3n) is 17.5. The lowest BCUT2D eigenvalue weighted by Crippen LogP contribution is -2.04. The van der Waals surface area contributed by atoms with Gasteiger partial charge in [-0.1, -0.05) is 218 Å². The monoisotopic (exact) mass is 1210 g/mol. The van der Waals surface area contributed by atoms with Crippen molar-refractivity contribution < 1.29 is 0 Å². The molecule has 18 rings (SSSR count). The summed E-state index contributed by atoms with van der Waals surface area (Å²) in [4.78, 5) is 42.3. The van der Waals surface area contributed by atoms with Crippen molar-refractivity contribution in [1.29, 1.82) is 0 Å². The van der Waals surface area contributed by atoms with Crippen LogP contribution in [0.1, 0.15) is 0 Å². The summed E-state index contributed by atoms with van der Waals surface area (Å²) >= 11 is 1.81. The second kappa shape index (κ2) is 22.2. The quantitative estimate of drug-likeness (QED) is 0.126. The molecule has 10 nitrogen and oxygen atoms in total. The Balaban J connectivity index is 0.931. The molecule has 0 amide bonds. The third-order valence-corrected chi connectivity index (χ3v) is 18.6. The van der Waals surface area contributed by atoms with Gasteiger partial charge in [-0.2, -0.15) is 0 Å². The number of rotatable bonds is 11. The number of fused-ring (bicyclic) bond motifs is 9. The Kier molecular flexibility index (Phi) is 12.8. The van der Waals surface area contributed by atoms with Crippen LogP contribution in [0.4, 0.5) is 0 Å². The average Bonchev–Trinajstić information content (AvgIpc) is 1.56. The molecule has 18 aromatic rings. The lowest BCUT2D eigenvalue weighted by atomic mass is 10.0. The second-order valence-corrected chi connectivity index (χ2v) is 24.2. The van der Waals surface area contributed by atoms with E-state index in [-0.39, 0.29) is 0 Å². The minimum absolute atomic E-state index is 0.485. The van der Waals surface area contributed by atoms with Crippen LogP contribution < -0.4 is 0 Å². The molecule has 434 valence electrons. The van der Waals surface area contributed by atoms with E-state index < -0.39 is 0 Å². The van der Waals surface area contributed by atoms with E-state index >= 15 is 0 Å². The van der Waals surface area contributed by atoms with E-state index in [1.807, 2.05) is 145 Å². The van der Waals surface area contributed by atoms with Crippen molar-refractivity contribution in [2.24, 2.45) is 0 Å². The fourth-order valence-electron chi connectivity index (χ4n) is 13.0. The molecule has 0 aliphatic rings. The number of nitrogens with zero attached hydrogens (tertiary/aromatic N) is 10. The highest BCUT2D eigenvalue weighted by Gasteiger charge is 2.24. The molecule has 12 aromatic carbocycles. The van der Waals surface area contributed by atoms with Crippen molar-refractivity contribution in [2.45, 2.75) is 0 Å². The van der Waals surface area contributed by atoms with Gasteiger partial charge in [0.25, 0.3) is 0 Å². The molecular formula is C82H50N10S. The lowest BCUT2D eigenvalue weighted by Gasteiger charge is -2.15. The fourth-order valence-corrected chi connectivity index (χ4v) is 14.1. The molecule has 0 aliphatic carbocycles. The Bertz CT molecular complexity index is 5650. The van der Waals surface area contributed by atoms with E-state index in [0.29, 0.717) is 40.9 Å². The molecule has 0 aliphatic heterocycles. The molecule has 0 bridgehead atoms. The summed E-state index contributed by atoms with van der Waals surface area (Å²) in [6, 6.07) is 104. The number of hydrogen-bond donors (Lipinski definition) is 0. The largest absolute Gasteiger partial charge is 0.309 e. The first-order chi connectivity index (χ1) is 46.0. The van der Waals surface area contributed by atoms with Gasteiger partial charge in [0.2, 0.25) is 5.95 Å². The Morgan fingerprint density at radius 3 is 1.11 bits per heavy atom. The van der Waals surface area contributed by atoms with E-state index in [4.69, 9.17) is 39.9 Å². The summed E-state index contributed by atoms with van der Waals surface area (Å²) < 4.78 is 7.11. The van der Waals surface area contributed by atoms with Gasteiger partial charge >= 0.3 is 0 Å². The van der Waals surface area contributed by atoms with Crippen LogP contribution >= 0.6 is 11.3 Å². The summed E-state index contributed by atoms with van der Waals surface area (Å²) in [6.07, 6.45) is 1.89. The number of thiophene rings is 1. The van der Waals surface area contributed by atoms with Crippen LogP contribution in [0.3, 0.4) is 0 Å². The van der Waals surface area contributed by atoms with Crippen LogP contribution in [0.25, 0.3) is 177 Å². The minimum atomic E-state index is 0.485. The normalized spacial score (nSPS) is 11.7. The fraction of sp³-hybridized carbons (Fsp3) is 0. The van der Waals surface area contributed by atoms with E-state index in [9.17, 15) is 0 Å². The van der Waals surface area contributed by atoms with Crippen LogP contribution in [0, 0.1) is 0 Å². The van der Waals surface area contributed by atoms with Gasteiger partial charge in [-0.05, 0) is 101 Å². The van der Waals surface area contributed by atoms with Crippen molar-refractivity contribution in [3.8, 4) is 113 Å². The zero-order valence-corrected chi connectivity index (χ0v) is 50.6. The maximum atomic E-state index is 5.50. The first-order valence-electron chi connectivity index (χ1n) is 30.9. The van der Waals surface area contributed by atoms with Crippen LogP contribution in [-0.4, -0.2) is 49.0 Å². The van der Waals surface area contributed by atoms with Crippen molar-refractivity contribution in [1.82, 2.24) is 49.0 Å². The average molecular weight is 1210 g/mol. The minimum Gasteiger partial charge on any atom is -0.309 e. The maximum absolute atomic E-state index is 5.50. The van der Waals surface area contributed by atoms with Crippen LogP contribution in [0.5, 0.6) is 0 Å². The lowest BCUT2D eigenvalue weighted by molar-refractivity contribution is 0.992. The zero-order valence-electron chi connectivity index (χ0n) is 49.7. The number of hydrogen-bond acceptors (Lipinski definition) is 9. The third kappa shape index (κ3) is 9.58. The molecule has 11 heteroatoms. The van der Waals surface area contributed by atoms with Crippen molar-refractivity contribution in [2.75, 3.05) is 0 Å². The highest BCUT2D eigenvalue weighted by Crippen LogP contribution is 2.44. The van der Waals surface area contributed by atoms with E-state index in [1.165, 1.54) is 20.2 Å². The topological polar surface area (TPSA) is 113 Å². The zero-order chi connectivity index (χ0) is 61.3. The maximum Gasteiger partial charge on any atom is 0.235 e. The van der Waals surface area contributed by atoms with Crippen molar-refractivity contribution in [3.05, 3.63) is 303 Å². The van der Waals surface area contributed by atoms with Gasteiger partial charge in [0, 0.05) is 92.5 Å². The van der Waals surface area contributed by atoms with E-state index in [0.717, 1.165) is 116 Å². The Labute approximate surface area is 537 Å². The van der Waals surface area contributed by atoms with Gasteiger partial charge in [0.05, 0.1) is 27.8 Å². The van der Waals surface area contributed by atoms with Crippen LogP contribution in [0.15, 0.2) is 303 Å². The first kappa shape index (κ1) is 53.6. The number of benzene rings is 12. The van der Waals surface area contributed by atoms with Gasteiger partial charge < -0.3 is 4.57 Å². The van der Waals surface area contributed by atoms with E-state index in [1.54, 1.807) is 0 Å². The van der Waals surface area contributed by atoms with Crippen molar-refractivity contribution >= 4 is 75.1 Å². The molecule has 0 fully saturated rings. The van der Waals surface area contributed by atoms with E-state index in [2.05, 4.69) is 179 Å². The molecule has 6 heterocycles. The summed E-state index contributed by atoms with van der Waals surface area (Å²) in [6.45, 7) is 0. The Morgan fingerprint density at radius 1 is 0.226 bits per heavy atom. The highest BCUT2D eigenvalue weighted by atomic mass is 32.1. The molecule has 93 heavy (non-hydrogen) atoms. The molecule has 0 N–H and O–H groups in total. The standard InChI is InChI=1S/C82H50N10S/c1-7-21-51(22-8-1)57-35-38-70-64(46-57)66-49-67-65-47-58(52-23-9-2-10-24-52)36-39-71(65)92(82-83-42-41-69(84-82)59-37-40-75-68(48-59)63-33-19-20-34-74(63)93-75)73(67)50-72(66)91(70)62-44-60(80-87-76(53-25-11-3-12-26-53)85-77(88-80)54-27-13-4-14-28-54)43-61(45-62)81-89-78(55-29-15-5-16-30-55)86-79(90-81)56-31-17-6-18-32-56/h1-50H. The van der Waals surface area contributed by atoms with Gasteiger partial charge in [0.1, 0.15) is 0 Å². The first-order valence-corrected chi connectivity index (χ1v) is 31.7. The SMILES string of the molecule is c1ccc(-c2ccc3c(c2)c2cc4c5cc(-c6ccccc6)ccc5n(-c5nccc(-c6ccc7sc8ccccc8c7c6)n5)c4cc2n3-c2cc(-c3nc(-c4ccccc4)nc(-c4ccccc4)n3)cc(-c3nc(-c4ccccc4)nc(-c4ccccc4)n3)c2)cc1. The molecule has 0 unspecified atom stereocenters. The summed E-state index contributed by atoms with van der Waals surface area (Å²) in [5, 5.41) is 6.73. The second-order valence-electron chi connectivity index (χ2n) is 23.1. The van der Waals surface area contributed by atoms with Crippen LogP contribution in [-0.2, 0) is 0 Å². The molecule has 0 saturated carbocycles. The molecule has 0 radical (unpaired) electrons. The summed E-state index contributed by atoms with van der Waals surface area (Å²) in [5.74, 6) is 3.72. The Hall–Kier alpha value is -12.4. The molecule has 0 saturated heterocycles. The molecule has 6 aromatic heterocycles. The Morgan fingerprint density at radius 2 is 0.613 bits per heavy atom. The summed E-state index contributed by atoms with van der Waals surface area (Å²) in [5.41, 5.74) is 16.0. The predicted molar refractivity (Wildman–Crippen MR) is 379 cm³/mol. The van der Waals surface area contributed by atoms with Gasteiger partial charge in [0.15, 0.2) is 34.9 Å². The summed E-state index contributed by atoms with van der Waals surface area (Å²) in [7, 11) is 0. The van der Waals surface area contributed by atoms with Crippen molar-refractivity contribution in [3.63, 3.8) is 0 Å².